The van der Waals surface area contributed by atoms with Gasteiger partial charge in [-0.1, -0.05) is 22.8 Å². The molecule has 1 aromatic carbocycles. The van der Waals surface area contributed by atoms with E-state index in [1.54, 1.807) is 19.1 Å². The zero-order chi connectivity index (χ0) is 14.8. The number of hydrogen-bond donors (Lipinski definition) is 0. The third-order valence-electron chi connectivity index (χ3n) is 3.43. The summed E-state index contributed by atoms with van der Waals surface area (Å²) in [5.41, 5.74) is 0.504. The first-order chi connectivity index (χ1) is 10.1. The monoisotopic (exact) mass is 311 g/mol. The molecule has 1 atom stereocenters. The summed E-state index contributed by atoms with van der Waals surface area (Å²) in [5.74, 6) is 0.737. The van der Waals surface area contributed by atoms with Crippen LogP contribution in [-0.2, 0) is 11.3 Å². The quantitative estimate of drug-likeness (QED) is 0.872. The molecule has 0 spiro atoms. The summed E-state index contributed by atoms with van der Waals surface area (Å²) in [7, 11) is 0. The molecule has 21 heavy (non-hydrogen) atoms. The number of morpholine rings is 1. The Morgan fingerprint density at radius 3 is 3.05 bits per heavy atom. The van der Waals surface area contributed by atoms with Gasteiger partial charge in [-0.2, -0.15) is 4.98 Å². The number of aromatic nitrogens is 2. The first-order valence-corrected chi connectivity index (χ1v) is 7.08. The number of aryl methyl sites for hydroxylation is 1. The van der Waals surface area contributed by atoms with Crippen molar-refractivity contribution in [2.45, 2.75) is 19.6 Å². The number of halogens is 2. The van der Waals surface area contributed by atoms with Crippen LogP contribution in [0.4, 0.5) is 4.39 Å². The molecule has 1 aromatic heterocycles. The highest BCUT2D eigenvalue weighted by Gasteiger charge is 2.26. The fourth-order valence-corrected chi connectivity index (χ4v) is 2.58. The number of nitrogens with zero attached hydrogens (tertiary/aromatic N) is 3. The van der Waals surface area contributed by atoms with Gasteiger partial charge in [0, 0.05) is 37.1 Å². The second-order valence-corrected chi connectivity index (χ2v) is 5.37. The van der Waals surface area contributed by atoms with Crippen molar-refractivity contribution in [1.29, 1.82) is 0 Å². The van der Waals surface area contributed by atoms with Gasteiger partial charge in [0.15, 0.2) is 0 Å². The van der Waals surface area contributed by atoms with Crippen molar-refractivity contribution < 1.29 is 13.7 Å². The smallest absolute Gasteiger partial charge is 0.223 e. The van der Waals surface area contributed by atoms with Crippen molar-refractivity contribution in [2.75, 3.05) is 19.7 Å². The Labute approximate surface area is 126 Å². The van der Waals surface area contributed by atoms with Crippen LogP contribution in [0, 0.1) is 12.7 Å². The molecular formula is C14H15ClFN3O2. The Hall–Kier alpha value is -1.50. The van der Waals surface area contributed by atoms with Crippen LogP contribution >= 0.6 is 11.6 Å². The second kappa shape index (κ2) is 6.09. The molecule has 0 unspecified atom stereocenters. The summed E-state index contributed by atoms with van der Waals surface area (Å²) in [6, 6.07) is 4.72. The van der Waals surface area contributed by atoms with Crippen molar-refractivity contribution in [3.63, 3.8) is 0 Å². The Kier molecular flexibility index (Phi) is 4.19. The molecular weight excluding hydrogens is 297 g/mol. The van der Waals surface area contributed by atoms with Gasteiger partial charge >= 0.3 is 0 Å². The molecule has 1 aliphatic heterocycles. The second-order valence-electron chi connectivity index (χ2n) is 4.97. The van der Waals surface area contributed by atoms with Gasteiger partial charge in [-0.3, -0.25) is 4.90 Å². The van der Waals surface area contributed by atoms with Crippen LogP contribution in [0.5, 0.6) is 0 Å². The standard InChI is InChI=1S/C14H15ClFN3O2/c1-9-17-14(18-21-9)13-8-19(5-6-20-13)7-10-11(15)3-2-4-12(10)16/h2-4,13H,5-8H2,1H3/t13-/m0/s1. The number of hydrogen-bond acceptors (Lipinski definition) is 5. The topological polar surface area (TPSA) is 51.4 Å². The van der Waals surface area contributed by atoms with Gasteiger partial charge in [0.2, 0.25) is 11.7 Å². The average Bonchev–Trinajstić information content (AvgIpc) is 2.90. The van der Waals surface area contributed by atoms with Crippen LogP contribution in [0.25, 0.3) is 0 Å². The minimum atomic E-state index is -0.291. The molecule has 0 bridgehead atoms. The maximum absolute atomic E-state index is 13.8. The van der Waals surface area contributed by atoms with E-state index in [0.717, 1.165) is 0 Å². The molecule has 2 aromatic rings. The third-order valence-corrected chi connectivity index (χ3v) is 3.78. The van der Waals surface area contributed by atoms with Gasteiger partial charge in [-0.25, -0.2) is 4.39 Å². The first-order valence-electron chi connectivity index (χ1n) is 6.70. The summed E-state index contributed by atoms with van der Waals surface area (Å²) in [6.45, 7) is 3.98. The summed E-state index contributed by atoms with van der Waals surface area (Å²) in [6.07, 6.45) is -0.262. The van der Waals surface area contributed by atoms with Crippen LogP contribution in [0.3, 0.4) is 0 Å². The minimum Gasteiger partial charge on any atom is -0.367 e. The van der Waals surface area contributed by atoms with Crippen LogP contribution in [-0.4, -0.2) is 34.7 Å². The van der Waals surface area contributed by atoms with E-state index in [1.165, 1.54) is 6.07 Å². The lowest BCUT2D eigenvalue weighted by Crippen LogP contribution is -2.38. The fourth-order valence-electron chi connectivity index (χ4n) is 2.36. The average molecular weight is 312 g/mol. The van der Waals surface area contributed by atoms with E-state index in [2.05, 4.69) is 15.0 Å². The highest BCUT2D eigenvalue weighted by Crippen LogP contribution is 2.25. The molecule has 1 saturated heterocycles. The van der Waals surface area contributed by atoms with E-state index in [4.69, 9.17) is 20.9 Å². The highest BCUT2D eigenvalue weighted by atomic mass is 35.5. The third kappa shape index (κ3) is 3.23. The molecule has 2 heterocycles. The van der Waals surface area contributed by atoms with Gasteiger partial charge in [-0.15, -0.1) is 0 Å². The fraction of sp³-hybridized carbons (Fsp3) is 0.429. The zero-order valence-corrected chi connectivity index (χ0v) is 12.3. The number of rotatable bonds is 3. The van der Waals surface area contributed by atoms with Gasteiger partial charge < -0.3 is 9.26 Å². The van der Waals surface area contributed by atoms with Crippen molar-refractivity contribution >= 4 is 11.6 Å². The number of benzene rings is 1. The predicted octanol–water partition coefficient (Wildman–Crippen LogP) is 2.74. The van der Waals surface area contributed by atoms with Crippen LogP contribution in [0.1, 0.15) is 23.4 Å². The molecule has 7 heteroatoms. The molecule has 0 N–H and O–H groups in total. The molecule has 0 amide bonds. The van der Waals surface area contributed by atoms with Crippen molar-refractivity contribution in [3.8, 4) is 0 Å². The summed E-state index contributed by atoms with van der Waals surface area (Å²) in [5, 5.41) is 4.32. The minimum absolute atomic E-state index is 0.262. The Morgan fingerprint density at radius 1 is 1.48 bits per heavy atom. The lowest BCUT2D eigenvalue weighted by molar-refractivity contribution is -0.0383. The van der Waals surface area contributed by atoms with E-state index in [1.807, 2.05) is 0 Å². The van der Waals surface area contributed by atoms with E-state index in [0.29, 0.717) is 48.5 Å². The summed E-state index contributed by atoms with van der Waals surface area (Å²) >= 11 is 6.07. The lowest BCUT2D eigenvalue weighted by atomic mass is 10.1. The van der Waals surface area contributed by atoms with E-state index in [9.17, 15) is 4.39 Å². The first kappa shape index (κ1) is 14.4. The largest absolute Gasteiger partial charge is 0.367 e. The molecule has 1 aliphatic rings. The molecule has 0 aliphatic carbocycles. The van der Waals surface area contributed by atoms with Crippen molar-refractivity contribution in [1.82, 2.24) is 15.0 Å². The molecule has 0 saturated carbocycles. The Morgan fingerprint density at radius 2 is 2.33 bits per heavy atom. The summed E-state index contributed by atoms with van der Waals surface area (Å²) in [4.78, 5) is 6.25. The van der Waals surface area contributed by atoms with Crippen molar-refractivity contribution in [3.05, 3.63) is 46.3 Å². The lowest BCUT2D eigenvalue weighted by Gasteiger charge is -2.31. The van der Waals surface area contributed by atoms with E-state index >= 15 is 0 Å². The predicted molar refractivity (Wildman–Crippen MR) is 74.4 cm³/mol. The molecule has 1 fully saturated rings. The zero-order valence-electron chi connectivity index (χ0n) is 11.6. The Bertz CT molecular complexity index is 614. The van der Waals surface area contributed by atoms with Gasteiger partial charge in [0.05, 0.1) is 6.61 Å². The Balaban J connectivity index is 1.72. The van der Waals surface area contributed by atoms with Crippen LogP contribution in [0.2, 0.25) is 5.02 Å². The molecule has 5 nitrogen and oxygen atoms in total. The normalized spacial score (nSPS) is 19.9. The van der Waals surface area contributed by atoms with Crippen molar-refractivity contribution in [2.24, 2.45) is 0 Å². The SMILES string of the molecule is Cc1nc([C@@H]2CN(Cc3c(F)cccc3Cl)CCO2)no1. The van der Waals surface area contributed by atoms with E-state index in [-0.39, 0.29) is 11.9 Å². The molecule has 0 radical (unpaired) electrons. The van der Waals surface area contributed by atoms with Gasteiger partial charge in [0.25, 0.3) is 0 Å². The van der Waals surface area contributed by atoms with Gasteiger partial charge in [-0.05, 0) is 12.1 Å². The van der Waals surface area contributed by atoms with Crippen LogP contribution < -0.4 is 0 Å². The number of ether oxygens (including phenoxy) is 1. The molecule has 3 rings (SSSR count). The highest BCUT2D eigenvalue weighted by molar-refractivity contribution is 6.31. The summed E-state index contributed by atoms with van der Waals surface area (Å²) < 4.78 is 24.5. The van der Waals surface area contributed by atoms with Gasteiger partial charge in [0.1, 0.15) is 11.9 Å². The maximum atomic E-state index is 13.8. The van der Waals surface area contributed by atoms with E-state index < -0.39 is 0 Å². The van der Waals surface area contributed by atoms with Crippen LogP contribution in [0.15, 0.2) is 22.7 Å². The molecule has 112 valence electrons. The maximum Gasteiger partial charge on any atom is 0.223 e.